The van der Waals surface area contributed by atoms with Gasteiger partial charge in [0.05, 0.1) is 0 Å². The van der Waals surface area contributed by atoms with Crippen LogP contribution in [0, 0.1) is 0 Å². The summed E-state index contributed by atoms with van der Waals surface area (Å²) in [7, 11) is 1.32. The number of rotatable bonds is 17. The van der Waals surface area contributed by atoms with E-state index in [1.54, 1.807) is 98.7 Å². The first-order chi connectivity index (χ1) is 38.7. The van der Waals surface area contributed by atoms with E-state index in [9.17, 15) is 38.7 Å². The van der Waals surface area contributed by atoms with Crippen molar-refractivity contribution < 1.29 is 76.7 Å². The third-order valence-corrected chi connectivity index (χ3v) is 12.4. The summed E-state index contributed by atoms with van der Waals surface area (Å²) < 4.78 is 32.9. The lowest BCUT2D eigenvalue weighted by atomic mass is 9.93. The average molecular weight is 1170 g/mol. The number of unbranched alkanes of at least 4 members (excludes halogenated alkanes) is 1. The molecule has 0 aliphatic carbocycles. The minimum absolute atomic E-state index is 0.000502. The van der Waals surface area contributed by atoms with Crippen molar-refractivity contribution in [3.8, 4) is 33.8 Å². The van der Waals surface area contributed by atoms with Gasteiger partial charge in [-0.2, -0.15) is 0 Å². The summed E-state index contributed by atoms with van der Waals surface area (Å²) in [5.74, 6) is -4.98. The van der Waals surface area contributed by atoms with Crippen molar-refractivity contribution in [1.29, 1.82) is 0 Å². The molecule has 5 atom stereocenters. The van der Waals surface area contributed by atoms with Crippen molar-refractivity contribution in [2.45, 2.75) is 149 Å². The number of ether oxygens (including phenoxy) is 6. The lowest BCUT2D eigenvalue weighted by Gasteiger charge is -2.33. The molecule has 4 aromatic rings. The Kier molecular flexibility index (Phi) is 22.6. The van der Waals surface area contributed by atoms with Gasteiger partial charge in [0, 0.05) is 55.2 Å². The highest BCUT2D eigenvalue weighted by Crippen LogP contribution is 2.41. The number of alkyl carbamates (subject to hydrolysis) is 1. The lowest BCUT2D eigenvalue weighted by molar-refractivity contribution is -0.144. The van der Waals surface area contributed by atoms with Gasteiger partial charge in [-0.05, 0) is 159 Å². The van der Waals surface area contributed by atoms with E-state index in [0.29, 0.717) is 17.0 Å². The minimum atomic E-state index is -1.65. The van der Waals surface area contributed by atoms with Crippen LogP contribution in [0.4, 0.5) is 14.4 Å². The van der Waals surface area contributed by atoms with Crippen LogP contribution in [0.3, 0.4) is 0 Å². The van der Waals surface area contributed by atoms with Gasteiger partial charge in [0.2, 0.25) is 23.6 Å². The highest BCUT2D eigenvalue weighted by molar-refractivity contribution is 6.30. The Morgan fingerprint density at radius 3 is 1.83 bits per heavy atom. The quantitative estimate of drug-likeness (QED) is 0.0254. The van der Waals surface area contributed by atoms with Crippen molar-refractivity contribution in [2.24, 2.45) is 0 Å². The predicted molar refractivity (Wildman–Crippen MR) is 306 cm³/mol. The molecule has 0 saturated heterocycles. The standard InChI is InChI=1S/C60H75ClN6O16/c1-34-50(70)66-46(52(72)63-32-42(69)33-78-35(2)68)30-36-16-26-47(79-56(76)82-59(6,7)8)43(29-36)44-31-40(23-27-48(44)80-57(77)83-60(9,10)11)49(53(73)64-34)67(12)54(74)45(15-13-14-28-62-55(75)81-58(3,4)5)65-51(71)39-19-17-37(18-20-39)38-21-24-41(61)25-22-38/h16-27,29,31,34,42,45-46,49,69H,13-15,28,30,32-33H2,1-12H3,(H,62,75)(H,63,72)(H,64,73)(H,65,71)(H,66,70). The number of carbonyl (C=O) groups is 9. The molecular weight excluding hydrogens is 1100 g/mol. The Bertz CT molecular complexity index is 3000. The van der Waals surface area contributed by atoms with E-state index in [2.05, 4.69) is 26.6 Å². The summed E-state index contributed by atoms with van der Waals surface area (Å²) in [6, 6.07) is 16.5. The van der Waals surface area contributed by atoms with Gasteiger partial charge in [0.25, 0.3) is 5.91 Å². The monoisotopic (exact) mass is 1170 g/mol. The predicted octanol–water partition coefficient (Wildman–Crippen LogP) is 7.88. The molecule has 23 heteroatoms. The number of nitrogens with one attached hydrogen (secondary N) is 5. The number of esters is 1. The minimum Gasteiger partial charge on any atom is -0.463 e. The van der Waals surface area contributed by atoms with E-state index in [0.717, 1.165) is 23.0 Å². The number of amides is 6. The molecule has 6 N–H and O–H groups in total. The van der Waals surface area contributed by atoms with Crippen LogP contribution >= 0.6 is 11.6 Å². The fourth-order valence-electron chi connectivity index (χ4n) is 8.31. The molecule has 0 fully saturated rings. The van der Waals surface area contributed by atoms with Crippen LogP contribution in [0.1, 0.15) is 123 Å². The summed E-state index contributed by atoms with van der Waals surface area (Å²) in [6.45, 7) is 16.7. The Morgan fingerprint density at radius 1 is 0.711 bits per heavy atom. The molecule has 0 radical (unpaired) electrons. The third-order valence-electron chi connectivity index (χ3n) is 12.1. The fraction of sp³-hybridized carbons (Fsp3) is 0.450. The maximum absolute atomic E-state index is 15.3. The molecule has 83 heavy (non-hydrogen) atoms. The van der Waals surface area contributed by atoms with E-state index in [1.807, 2.05) is 12.1 Å². The zero-order chi connectivity index (χ0) is 61.6. The zero-order valence-electron chi connectivity index (χ0n) is 48.8. The largest absolute Gasteiger partial charge is 0.514 e. The SMILES string of the molecule is CC(=O)OCC(O)CNC(=O)C1Cc2ccc(OC(=O)OC(C)(C)C)c(c2)-c2cc(ccc2OC(=O)OC(C)(C)C)C(N(C)C(=O)C(CCCCNC(=O)OC(C)(C)C)NC(=O)c2ccc(-c3ccc(Cl)cc3)cc2)C(=O)NC(C)C(=O)N1. The Morgan fingerprint density at radius 2 is 1.27 bits per heavy atom. The first kappa shape index (κ1) is 65.6. The lowest BCUT2D eigenvalue weighted by Crippen LogP contribution is -2.56. The van der Waals surface area contributed by atoms with E-state index in [-0.39, 0.29) is 59.6 Å². The number of aliphatic hydroxyl groups is 1. The molecule has 6 amide bonds. The Hall–Kier alpha value is -8.24. The topological polar surface area (TPSA) is 293 Å². The van der Waals surface area contributed by atoms with Crippen molar-refractivity contribution in [3.05, 3.63) is 107 Å². The van der Waals surface area contributed by atoms with Crippen molar-refractivity contribution >= 4 is 65.5 Å². The maximum atomic E-state index is 15.3. The molecule has 1 aliphatic rings. The van der Waals surface area contributed by atoms with Gasteiger partial charge in [-0.1, -0.05) is 48.0 Å². The van der Waals surface area contributed by atoms with Crippen LogP contribution in [0.15, 0.2) is 84.9 Å². The van der Waals surface area contributed by atoms with Gasteiger partial charge in [-0.15, -0.1) is 0 Å². The molecule has 0 aromatic heterocycles. The molecule has 1 aliphatic heterocycles. The normalized spacial score (nSPS) is 16.2. The summed E-state index contributed by atoms with van der Waals surface area (Å²) >= 11 is 6.11. The number of nitrogens with zero attached hydrogens (tertiary/aromatic N) is 1. The van der Waals surface area contributed by atoms with E-state index < -0.39 is 114 Å². The number of carbonyl (C=O) groups excluding carboxylic acids is 9. The molecule has 5 rings (SSSR count). The van der Waals surface area contributed by atoms with Crippen LogP contribution in [-0.2, 0) is 49.3 Å². The van der Waals surface area contributed by atoms with Gasteiger partial charge in [-0.3, -0.25) is 28.8 Å². The number of hydrogen-bond donors (Lipinski definition) is 6. The number of halogens is 1. The fourth-order valence-corrected chi connectivity index (χ4v) is 8.44. The molecule has 0 saturated carbocycles. The van der Waals surface area contributed by atoms with E-state index in [4.69, 9.17) is 40.0 Å². The smallest absolute Gasteiger partial charge is 0.463 e. The van der Waals surface area contributed by atoms with Crippen molar-refractivity contribution in [2.75, 3.05) is 26.7 Å². The van der Waals surface area contributed by atoms with Crippen molar-refractivity contribution in [1.82, 2.24) is 31.5 Å². The van der Waals surface area contributed by atoms with Gasteiger partial charge >= 0.3 is 24.4 Å². The highest BCUT2D eigenvalue weighted by Gasteiger charge is 2.37. The highest BCUT2D eigenvalue weighted by atomic mass is 35.5. The number of fused-ring (bicyclic) bond motifs is 5. The van der Waals surface area contributed by atoms with Gasteiger partial charge in [-0.25, -0.2) is 14.4 Å². The van der Waals surface area contributed by atoms with Gasteiger partial charge in [0.1, 0.15) is 65.2 Å². The summed E-state index contributed by atoms with van der Waals surface area (Å²) in [4.78, 5) is 125. The maximum Gasteiger partial charge on any atom is 0.514 e. The summed E-state index contributed by atoms with van der Waals surface area (Å²) in [6.07, 6.45) is -3.91. The summed E-state index contributed by atoms with van der Waals surface area (Å²) in [5, 5.41) is 24.4. The number of likely N-dealkylation sites (N-methyl/N-ethyl adjacent to an activating group) is 1. The molecule has 4 aromatic carbocycles. The molecule has 22 nitrogen and oxygen atoms in total. The molecule has 0 spiro atoms. The third kappa shape index (κ3) is 20.9. The van der Waals surface area contributed by atoms with E-state index >= 15 is 9.59 Å². The number of hydrogen-bond acceptors (Lipinski definition) is 16. The first-order valence-corrected chi connectivity index (χ1v) is 27.3. The van der Waals surface area contributed by atoms with Gasteiger partial charge < -0.3 is 65.0 Å². The molecule has 1 heterocycles. The zero-order valence-corrected chi connectivity index (χ0v) is 49.6. The Balaban J connectivity index is 1.65. The number of aliphatic hydroxyl groups excluding tert-OH is 1. The number of benzene rings is 4. The molecule has 4 bridgehead atoms. The second-order valence-corrected chi connectivity index (χ2v) is 23.2. The second kappa shape index (κ2) is 28.6. The van der Waals surface area contributed by atoms with Crippen molar-refractivity contribution in [3.63, 3.8) is 0 Å². The second-order valence-electron chi connectivity index (χ2n) is 22.8. The summed E-state index contributed by atoms with van der Waals surface area (Å²) in [5.41, 5.74) is -0.547. The van der Waals surface area contributed by atoms with Crippen LogP contribution < -0.4 is 36.1 Å². The van der Waals surface area contributed by atoms with Crippen LogP contribution in [0.2, 0.25) is 5.02 Å². The average Bonchev–Trinajstić information content (AvgIpc) is 2.71. The molecular formula is C60H75ClN6O16. The van der Waals surface area contributed by atoms with Gasteiger partial charge in [0.15, 0.2) is 0 Å². The van der Waals surface area contributed by atoms with Crippen LogP contribution in [0.25, 0.3) is 22.3 Å². The van der Waals surface area contributed by atoms with Crippen LogP contribution in [0.5, 0.6) is 11.5 Å². The Labute approximate surface area is 487 Å². The first-order valence-electron chi connectivity index (χ1n) is 26.9. The molecule has 5 unspecified atom stereocenters. The molecule has 448 valence electrons. The van der Waals surface area contributed by atoms with E-state index in [1.165, 1.54) is 50.4 Å². The van der Waals surface area contributed by atoms with Crippen LogP contribution in [-0.4, -0.2) is 132 Å².